The summed E-state index contributed by atoms with van der Waals surface area (Å²) in [6.07, 6.45) is 2.88. The molecule has 0 aliphatic carbocycles. The molecule has 2 heterocycles. The summed E-state index contributed by atoms with van der Waals surface area (Å²) >= 11 is 0. The summed E-state index contributed by atoms with van der Waals surface area (Å²) in [7, 11) is 0. The third kappa shape index (κ3) is 3.89. The molecule has 0 atom stereocenters. The van der Waals surface area contributed by atoms with E-state index in [1.165, 1.54) is 10.9 Å². The minimum atomic E-state index is -1.16. The number of aromatic nitrogens is 3. The Morgan fingerprint density at radius 1 is 1.21 bits per heavy atom. The Bertz CT molecular complexity index is 708. The summed E-state index contributed by atoms with van der Waals surface area (Å²) in [4.78, 5) is 24.8. The maximum Gasteiger partial charge on any atom is 0.358 e. The van der Waals surface area contributed by atoms with Gasteiger partial charge in [0.15, 0.2) is 5.69 Å². The van der Waals surface area contributed by atoms with E-state index in [-0.39, 0.29) is 24.2 Å². The van der Waals surface area contributed by atoms with Crippen LogP contribution in [0.15, 0.2) is 36.5 Å². The van der Waals surface area contributed by atoms with Crippen LogP contribution in [-0.2, 0) is 11.3 Å². The zero-order valence-corrected chi connectivity index (χ0v) is 13.0. The lowest BCUT2D eigenvalue weighted by molar-refractivity contribution is -0.133. The standard InChI is InChI=1S/C16H18N4O4/c21-15(11-20-10-14(16(22)23)17-18-20)19-8-6-13(7-9-19)24-12-4-2-1-3-5-12/h1-5,10,13H,6-9,11H2,(H,22,23). The summed E-state index contributed by atoms with van der Waals surface area (Å²) in [5, 5.41) is 16.0. The summed E-state index contributed by atoms with van der Waals surface area (Å²) in [5.41, 5.74) is -0.169. The van der Waals surface area contributed by atoms with Gasteiger partial charge in [0.1, 0.15) is 18.4 Å². The minimum Gasteiger partial charge on any atom is -0.490 e. The van der Waals surface area contributed by atoms with Crippen LogP contribution < -0.4 is 4.74 Å². The predicted octanol–water partition coefficient (Wildman–Crippen LogP) is 1.05. The number of aromatic carboxylic acids is 1. The second-order valence-electron chi connectivity index (χ2n) is 5.62. The Morgan fingerprint density at radius 3 is 2.54 bits per heavy atom. The number of hydrogen-bond acceptors (Lipinski definition) is 5. The third-order valence-electron chi connectivity index (χ3n) is 3.90. The second kappa shape index (κ2) is 7.12. The van der Waals surface area contributed by atoms with Crippen LogP contribution in [0.1, 0.15) is 23.3 Å². The maximum absolute atomic E-state index is 12.3. The van der Waals surface area contributed by atoms with Gasteiger partial charge >= 0.3 is 5.97 Å². The van der Waals surface area contributed by atoms with Gasteiger partial charge in [-0.25, -0.2) is 9.48 Å². The SMILES string of the molecule is O=C(O)c1cn(CC(=O)N2CCC(Oc3ccccc3)CC2)nn1. The van der Waals surface area contributed by atoms with Crippen LogP contribution in [0.25, 0.3) is 0 Å². The fraction of sp³-hybridized carbons (Fsp3) is 0.375. The molecule has 0 radical (unpaired) electrons. The lowest BCUT2D eigenvalue weighted by Gasteiger charge is -2.32. The number of rotatable bonds is 5. The quantitative estimate of drug-likeness (QED) is 0.880. The highest BCUT2D eigenvalue weighted by molar-refractivity contribution is 5.84. The van der Waals surface area contributed by atoms with Crippen LogP contribution in [0.2, 0.25) is 0 Å². The first kappa shape index (κ1) is 16.0. The van der Waals surface area contributed by atoms with E-state index in [1.807, 2.05) is 30.3 Å². The molecular formula is C16H18N4O4. The van der Waals surface area contributed by atoms with Gasteiger partial charge in [-0.1, -0.05) is 23.4 Å². The first-order valence-corrected chi connectivity index (χ1v) is 7.75. The van der Waals surface area contributed by atoms with Gasteiger partial charge in [-0.2, -0.15) is 0 Å². The maximum atomic E-state index is 12.3. The van der Waals surface area contributed by atoms with Crippen molar-refractivity contribution in [2.75, 3.05) is 13.1 Å². The molecule has 1 saturated heterocycles. The Kier molecular flexibility index (Phi) is 4.74. The molecule has 8 heteroatoms. The number of carbonyl (C=O) groups is 2. The van der Waals surface area contributed by atoms with E-state index in [2.05, 4.69) is 10.3 Å². The van der Waals surface area contributed by atoms with Crippen molar-refractivity contribution in [3.8, 4) is 5.75 Å². The number of para-hydroxylation sites is 1. The van der Waals surface area contributed by atoms with Gasteiger partial charge in [0.2, 0.25) is 5.91 Å². The topological polar surface area (TPSA) is 97.5 Å². The van der Waals surface area contributed by atoms with Crippen molar-refractivity contribution in [2.24, 2.45) is 0 Å². The zero-order chi connectivity index (χ0) is 16.9. The molecule has 1 aliphatic heterocycles. The largest absolute Gasteiger partial charge is 0.490 e. The van der Waals surface area contributed by atoms with Crippen LogP contribution in [0.3, 0.4) is 0 Å². The Labute approximate surface area is 138 Å². The van der Waals surface area contributed by atoms with E-state index in [4.69, 9.17) is 9.84 Å². The molecule has 1 aromatic carbocycles. The van der Waals surface area contributed by atoms with Gasteiger partial charge in [0.05, 0.1) is 6.20 Å². The fourth-order valence-electron chi connectivity index (χ4n) is 2.63. The van der Waals surface area contributed by atoms with Crippen molar-refractivity contribution < 1.29 is 19.4 Å². The van der Waals surface area contributed by atoms with E-state index < -0.39 is 5.97 Å². The van der Waals surface area contributed by atoms with Crippen LogP contribution in [0.4, 0.5) is 0 Å². The second-order valence-corrected chi connectivity index (χ2v) is 5.62. The van der Waals surface area contributed by atoms with Crippen molar-refractivity contribution in [1.29, 1.82) is 0 Å². The number of piperidine rings is 1. The lowest BCUT2D eigenvalue weighted by atomic mass is 10.1. The van der Waals surface area contributed by atoms with E-state index in [1.54, 1.807) is 4.90 Å². The molecule has 0 unspecified atom stereocenters. The first-order valence-electron chi connectivity index (χ1n) is 7.75. The fourth-order valence-corrected chi connectivity index (χ4v) is 2.63. The van der Waals surface area contributed by atoms with Crippen LogP contribution >= 0.6 is 0 Å². The van der Waals surface area contributed by atoms with Gasteiger partial charge < -0.3 is 14.7 Å². The van der Waals surface area contributed by atoms with E-state index in [0.717, 1.165) is 18.6 Å². The van der Waals surface area contributed by atoms with Crippen LogP contribution in [0, 0.1) is 0 Å². The number of hydrogen-bond donors (Lipinski definition) is 1. The Hall–Kier alpha value is -2.90. The predicted molar refractivity (Wildman–Crippen MR) is 83.7 cm³/mol. The average molecular weight is 330 g/mol. The number of carboxylic acids is 1. The zero-order valence-electron chi connectivity index (χ0n) is 13.0. The van der Waals surface area contributed by atoms with E-state index in [0.29, 0.717) is 13.1 Å². The summed E-state index contributed by atoms with van der Waals surface area (Å²) in [6.45, 7) is 1.21. The Morgan fingerprint density at radius 2 is 1.92 bits per heavy atom. The molecule has 126 valence electrons. The monoisotopic (exact) mass is 330 g/mol. The molecular weight excluding hydrogens is 312 g/mol. The van der Waals surface area contributed by atoms with Gasteiger partial charge in [-0.3, -0.25) is 4.79 Å². The molecule has 2 aromatic rings. The number of nitrogens with zero attached hydrogens (tertiary/aromatic N) is 4. The molecule has 1 amide bonds. The molecule has 1 N–H and O–H groups in total. The molecule has 8 nitrogen and oxygen atoms in total. The van der Waals surface area contributed by atoms with E-state index in [9.17, 15) is 9.59 Å². The van der Waals surface area contributed by atoms with E-state index >= 15 is 0 Å². The molecule has 24 heavy (non-hydrogen) atoms. The number of ether oxygens (including phenoxy) is 1. The molecule has 3 rings (SSSR count). The summed E-state index contributed by atoms with van der Waals surface area (Å²) in [5.74, 6) is -0.423. The highest BCUT2D eigenvalue weighted by Gasteiger charge is 2.24. The van der Waals surface area contributed by atoms with Gasteiger partial charge in [-0.05, 0) is 12.1 Å². The van der Waals surface area contributed by atoms with Crippen molar-refractivity contribution in [2.45, 2.75) is 25.5 Å². The number of likely N-dealkylation sites (tertiary alicyclic amines) is 1. The number of benzene rings is 1. The minimum absolute atomic E-state index is 0.00944. The number of carboxylic acid groups (broad SMARTS) is 1. The highest BCUT2D eigenvalue weighted by atomic mass is 16.5. The highest BCUT2D eigenvalue weighted by Crippen LogP contribution is 2.18. The summed E-state index contributed by atoms with van der Waals surface area (Å²) in [6, 6.07) is 9.63. The molecule has 1 aliphatic rings. The van der Waals surface area contributed by atoms with Gasteiger partial charge in [0.25, 0.3) is 0 Å². The molecule has 1 fully saturated rings. The third-order valence-corrected chi connectivity index (χ3v) is 3.90. The molecule has 0 saturated carbocycles. The summed E-state index contributed by atoms with van der Waals surface area (Å²) < 4.78 is 7.15. The number of carbonyl (C=O) groups excluding carboxylic acids is 1. The van der Waals surface area contributed by atoms with Crippen LogP contribution in [0.5, 0.6) is 5.75 Å². The van der Waals surface area contributed by atoms with Crippen LogP contribution in [-0.4, -0.2) is 56.1 Å². The van der Waals surface area contributed by atoms with Crippen molar-refractivity contribution in [3.05, 3.63) is 42.2 Å². The Balaban J connectivity index is 1.48. The van der Waals surface area contributed by atoms with Gasteiger partial charge in [-0.15, -0.1) is 5.10 Å². The van der Waals surface area contributed by atoms with Crippen molar-refractivity contribution >= 4 is 11.9 Å². The smallest absolute Gasteiger partial charge is 0.358 e. The first-order chi connectivity index (χ1) is 11.6. The van der Waals surface area contributed by atoms with Crippen molar-refractivity contribution in [3.63, 3.8) is 0 Å². The number of amides is 1. The molecule has 1 aromatic heterocycles. The molecule has 0 spiro atoms. The molecule has 0 bridgehead atoms. The normalized spacial score (nSPS) is 15.2. The van der Waals surface area contributed by atoms with Crippen molar-refractivity contribution in [1.82, 2.24) is 19.9 Å². The van der Waals surface area contributed by atoms with Gasteiger partial charge in [0, 0.05) is 25.9 Å². The lowest BCUT2D eigenvalue weighted by Crippen LogP contribution is -2.43. The average Bonchev–Trinajstić information content (AvgIpc) is 3.05.